The number of aliphatic hydroxyl groups is 1. The van der Waals surface area contributed by atoms with Gasteiger partial charge in [0.05, 0.1) is 5.60 Å². The molecule has 3 rings (SSSR count). The fourth-order valence-corrected chi connectivity index (χ4v) is 4.27. The van der Waals surface area contributed by atoms with E-state index in [1.165, 1.54) is 24.3 Å². The van der Waals surface area contributed by atoms with Gasteiger partial charge in [-0.3, -0.25) is 0 Å². The van der Waals surface area contributed by atoms with Crippen LogP contribution in [0.3, 0.4) is 0 Å². The third kappa shape index (κ3) is 4.30. The number of hydrogen-bond acceptors (Lipinski definition) is 2. The molecule has 4 heteroatoms. The van der Waals surface area contributed by atoms with E-state index >= 15 is 0 Å². The van der Waals surface area contributed by atoms with Crippen LogP contribution in [0.5, 0.6) is 0 Å². The molecular formula is C22H27F2NO. The average molecular weight is 359 g/mol. The standard InChI is InChI=1S/C22H27F2NO/c1-25(2)15-19-14-17(13-16-3-7-20(23)8-4-16)11-12-22(19,26)18-5-9-21(24)10-6-18/h3-10,17,19,26H,11-15H2,1-2H3. The Labute approximate surface area is 154 Å². The molecule has 0 aromatic heterocycles. The molecule has 26 heavy (non-hydrogen) atoms. The van der Waals surface area contributed by atoms with E-state index in [-0.39, 0.29) is 17.6 Å². The van der Waals surface area contributed by atoms with Crippen LogP contribution in [0.2, 0.25) is 0 Å². The summed E-state index contributed by atoms with van der Waals surface area (Å²) in [5, 5.41) is 11.5. The van der Waals surface area contributed by atoms with Crippen molar-refractivity contribution in [1.29, 1.82) is 0 Å². The Morgan fingerprint density at radius 2 is 1.58 bits per heavy atom. The molecule has 1 N–H and O–H groups in total. The summed E-state index contributed by atoms with van der Waals surface area (Å²) in [4.78, 5) is 2.10. The first-order valence-corrected chi connectivity index (χ1v) is 9.24. The van der Waals surface area contributed by atoms with Gasteiger partial charge in [-0.2, -0.15) is 0 Å². The molecule has 1 aliphatic carbocycles. The van der Waals surface area contributed by atoms with E-state index in [1.54, 1.807) is 12.1 Å². The van der Waals surface area contributed by atoms with Gasteiger partial charge in [0.15, 0.2) is 0 Å². The van der Waals surface area contributed by atoms with Crippen LogP contribution in [0.4, 0.5) is 8.78 Å². The van der Waals surface area contributed by atoms with Crippen molar-refractivity contribution in [3.63, 3.8) is 0 Å². The van der Waals surface area contributed by atoms with E-state index in [0.29, 0.717) is 12.3 Å². The normalized spacial score (nSPS) is 26.2. The molecule has 1 saturated carbocycles. The van der Waals surface area contributed by atoms with Gasteiger partial charge in [0, 0.05) is 12.5 Å². The second-order valence-corrected chi connectivity index (χ2v) is 7.86. The predicted octanol–water partition coefficient (Wildman–Crippen LogP) is 4.37. The van der Waals surface area contributed by atoms with Crippen LogP contribution in [0.1, 0.15) is 30.4 Å². The van der Waals surface area contributed by atoms with E-state index in [0.717, 1.165) is 36.9 Å². The third-order valence-electron chi connectivity index (χ3n) is 5.59. The SMILES string of the molecule is CN(C)CC1CC(Cc2ccc(F)cc2)CCC1(O)c1ccc(F)cc1. The molecule has 3 unspecified atom stereocenters. The first-order chi connectivity index (χ1) is 12.4. The monoisotopic (exact) mass is 359 g/mol. The average Bonchev–Trinajstić information content (AvgIpc) is 2.60. The molecule has 3 atom stereocenters. The zero-order valence-electron chi connectivity index (χ0n) is 15.5. The second-order valence-electron chi connectivity index (χ2n) is 7.86. The highest BCUT2D eigenvalue weighted by atomic mass is 19.1. The Balaban J connectivity index is 1.78. The number of rotatable bonds is 5. The number of benzene rings is 2. The molecule has 0 bridgehead atoms. The molecule has 1 aliphatic rings. The van der Waals surface area contributed by atoms with Gasteiger partial charge in [-0.15, -0.1) is 0 Å². The van der Waals surface area contributed by atoms with Crippen LogP contribution in [-0.2, 0) is 12.0 Å². The summed E-state index contributed by atoms with van der Waals surface area (Å²) in [6.07, 6.45) is 3.34. The van der Waals surface area contributed by atoms with Crippen LogP contribution in [0.25, 0.3) is 0 Å². The largest absolute Gasteiger partial charge is 0.385 e. The fraction of sp³-hybridized carbons (Fsp3) is 0.455. The Kier molecular flexibility index (Phi) is 5.73. The minimum Gasteiger partial charge on any atom is -0.385 e. The Morgan fingerprint density at radius 1 is 1.00 bits per heavy atom. The number of hydrogen-bond donors (Lipinski definition) is 1. The molecule has 0 radical (unpaired) electrons. The lowest BCUT2D eigenvalue weighted by Gasteiger charge is -2.44. The maximum absolute atomic E-state index is 13.3. The molecule has 2 aromatic rings. The first-order valence-electron chi connectivity index (χ1n) is 9.24. The van der Waals surface area contributed by atoms with Crippen LogP contribution in [-0.4, -0.2) is 30.6 Å². The summed E-state index contributed by atoms with van der Waals surface area (Å²) < 4.78 is 26.4. The van der Waals surface area contributed by atoms with Crippen molar-refractivity contribution in [2.75, 3.05) is 20.6 Å². The summed E-state index contributed by atoms with van der Waals surface area (Å²) >= 11 is 0. The number of nitrogens with zero attached hydrogens (tertiary/aromatic N) is 1. The highest BCUT2D eigenvalue weighted by molar-refractivity contribution is 5.25. The molecule has 2 nitrogen and oxygen atoms in total. The lowest BCUT2D eigenvalue weighted by molar-refractivity contribution is -0.0752. The molecule has 0 heterocycles. The van der Waals surface area contributed by atoms with Gasteiger partial charge in [-0.1, -0.05) is 24.3 Å². The molecule has 1 fully saturated rings. The number of halogens is 2. The molecule has 0 saturated heterocycles. The van der Waals surface area contributed by atoms with E-state index in [9.17, 15) is 13.9 Å². The minimum absolute atomic E-state index is 0.0714. The summed E-state index contributed by atoms with van der Waals surface area (Å²) in [7, 11) is 4.02. The van der Waals surface area contributed by atoms with Crippen molar-refractivity contribution in [3.8, 4) is 0 Å². The van der Waals surface area contributed by atoms with Gasteiger partial charge in [0.25, 0.3) is 0 Å². The van der Waals surface area contributed by atoms with Crippen molar-refractivity contribution in [2.24, 2.45) is 11.8 Å². The highest BCUT2D eigenvalue weighted by Gasteiger charge is 2.43. The predicted molar refractivity (Wildman–Crippen MR) is 99.8 cm³/mol. The molecule has 0 aliphatic heterocycles. The topological polar surface area (TPSA) is 23.5 Å². The maximum atomic E-state index is 13.3. The zero-order chi connectivity index (χ0) is 18.7. The van der Waals surface area contributed by atoms with Gasteiger partial charge >= 0.3 is 0 Å². The second kappa shape index (κ2) is 7.85. The van der Waals surface area contributed by atoms with Crippen LogP contribution in [0.15, 0.2) is 48.5 Å². The minimum atomic E-state index is -0.933. The van der Waals surface area contributed by atoms with Crippen molar-refractivity contribution >= 4 is 0 Å². The van der Waals surface area contributed by atoms with Crippen molar-refractivity contribution < 1.29 is 13.9 Å². The van der Waals surface area contributed by atoms with E-state index < -0.39 is 5.60 Å². The smallest absolute Gasteiger partial charge is 0.123 e. The van der Waals surface area contributed by atoms with E-state index in [2.05, 4.69) is 4.90 Å². The summed E-state index contributed by atoms with van der Waals surface area (Å²) in [5.41, 5.74) is 0.996. The Hall–Kier alpha value is -1.78. The lowest BCUT2D eigenvalue weighted by Crippen LogP contribution is -2.45. The van der Waals surface area contributed by atoms with E-state index in [4.69, 9.17) is 0 Å². The van der Waals surface area contributed by atoms with Gasteiger partial charge in [0.2, 0.25) is 0 Å². The summed E-state index contributed by atoms with van der Waals surface area (Å²) in [6, 6.07) is 13.0. The van der Waals surface area contributed by atoms with Gasteiger partial charge in [0.1, 0.15) is 11.6 Å². The molecule has 140 valence electrons. The van der Waals surface area contributed by atoms with Crippen LogP contribution in [0, 0.1) is 23.5 Å². The van der Waals surface area contributed by atoms with Gasteiger partial charge in [-0.05, 0) is 81.1 Å². The lowest BCUT2D eigenvalue weighted by atomic mass is 9.66. The maximum Gasteiger partial charge on any atom is 0.123 e. The third-order valence-corrected chi connectivity index (χ3v) is 5.59. The molecule has 0 amide bonds. The van der Waals surface area contributed by atoms with Gasteiger partial charge < -0.3 is 10.0 Å². The van der Waals surface area contributed by atoms with Crippen LogP contribution < -0.4 is 0 Å². The van der Waals surface area contributed by atoms with E-state index in [1.807, 2.05) is 26.2 Å². The van der Waals surface area contributed by atoms with Crippen LogP contribution >= 0.6 is 0 Å². The Bertz CT molecular complexity index is 714. The van der Waals surface area contributed by atoms with Crippen molar-refractivity contribution in [2.45, 2.75) is 31.3 Å². The zero-order valence-corrected chi connectivity index (χ0v) is 15.5. The fourth-order valence-electron chi connectivity index (χ4n) is 4.27. The highest BCUT2D eigenvalue weighted by Crippen LogP contribution is 2.45. The summed E-state index contributed by atoms with van der Waals surface area (Å²) in [6.45, 7) is 0.772. The Morgan fingerprint density at radius 3 is 2.15 bits per heavy atom. The first kappa shape index (κ1) is 19.0. The van der Waals surface area contributed by atoms with Crippen molar-refractivity contribution in [3.05, 3.63) is 71.3 Å². The quantitative estimate of drug-likeness (QED) is 0.857. The summed E-state index contributed by atoms with van der Waals surface area (Å²) in [5.74, 6) is 0.0216. The molecule has 0 spiro atoms. The molecule has 2 aromatic carbocycles. The van der Waals surface area contributed by atoms with Crippen molar-refractivity contribution in [1.82, 2.24) is 4.90 Å². The van der Waals surface area contributed by atoms with Gasteiger partial charge in [-0.25, -0.2) is 8.78 Å². The molecular weight excluding hydrogens is 332 g/mol.